The molecule has 2 aromatic carbocycles. The first-order chi connectivity index (χ1) is 12.4. The Morgan fingerprint density at radius 3 is 2.00 bits per heavy atom. The Bertz CT molecular complexity index is 785. The van der Waals surface area contributed by atoms with E-state index in [0.717, 1.165) is 42.4 Å². The Hall–Kier alpha value is -2.13. The molecule has 138 valence electrons. The Labute approximate surface area is 156 Å². The lowest BCUT2D eigenvalue weighted by Crippen LogP contribution is -2.28. The van der Waals surface area contributed by atoms with Crippen molar-refractivity contribution in [2.45, 2.75) is 52.5 Å². The predicted molar refractivity (Wildman–Crippen MR) is 107 cm³/mol. The molecule has 0 saturated carbocycles. The lowest BCUT2D eigenvalue weighted by atomic mass is 9.87. The lowest BCUT2D eigenvalue weighted by molar-refractivity contribution is 0.191. The van der Waals surface area contributed by atoms with Crippen molar-refractivity contribution >= 4 is 6.21 Å². The molecule has 4 aliphatic carbocycles. The molecule has 4 bridgehead atoms. The smallest absolute Gasteiger partial charge is 0.127 e. The summed E-state index contributed by atoms with van der Waals surface area (Å²) in [7, 11) is 0. The molecule has 3 nitrogen and oxygen atoms in total. The lowest BCUT2D eigenvalue weighted by Gasteiger charge is -2.25. The molecule has 0 radical (unpaired) electrons. The van der Waals surface area contributed by atoms with Crippen LogP contribution in [0.2, 0.25) is 0 Å². The number of aryl methyl sites for hydroxylation is 4. The summed E-state index contributed by atoms with van der Waals surface area (Å²) in [6, 6.07) is 12.8. The summed E-state index contributed by atoms with van der Waals surface area (Å²) in [5.41, 5.74) is 5.34. The van der Waals surface area contributed by atoms with Gasteiger partial charge < -0.3 is 10.2 Å². The van der Waals surface area contributed by atoms with E-state index >= 15 is 0 Å². The summed E-state index contributed by atoms with van der Waals surface area (Å²) in [5, 5.41) is 20.5. The van der Waals surface area contributed by atoms with Gasteiger partial charge in [0.2, 0.25) is 0 Å². The zero-order valence-electron chi connectivity index (χ0n) is 16.0. The Balaban J connectivity index is 1.98. The zero-order valence-corrected chi connectivity index (χ0v) is 16.0. The Morgan fingerprint density at radius 1 is 0.923 bits per heavy atom. The Morgan fingerprint density at radius 2 is 1.46 bits per heavy atom. The molecule has 0 heterocycles. The number of aliphatic hydroxyl groups is 1. The predicted octanol–water partition coefficient (Wildman–Crippen LogP) is 4.10. The second kappa shape index (κ2) is 7.63. The number of hydrogen-bond acceptors (Lipinski definition) is 3. The van der Waals surface area contributed by atoms with Crippen LogP contribution in [0, 0.1) is 5.41 Å². The van der Waals surface area contributed by atoms with Crippen LogP contribution in [0.1, 0.15) is 48.6 Å². The summed E-state index contributed by atoms with van der Waals surface area (Å²) < 4.78 is 0. The molecule has 4 aliphatic rings. The van der Waals surface area contributed by atoms with Crippen molar-refractivity contribution in [2.24, 2.45) is 10.4 Å². The molecule has 0 spiro atoms. The molecule has 0 aromatic heterocycles. The number of hydrogen-bond donors (Lipinski definition) is 2. The molecule has 26 heavy (non-hydrogen) atoms. The molecular weight excluding hydrogens is 322 g/mol. The number of phenols is 1. The van der Waals surface area contributed by atoms with Crippen molar-refractivity contribution in [2.75, 3.05) is 6.61 Å². The highest BCUT2D eigenvalue weighted by molar-refractivity contribution is 5.86. The van der Waals surface area contributed by atoms with Crippen LogP contribution in [0.3, 0.4) is 0 Å². The number of aliphatic imine (C=N–C) groups is 1. The minimum absolute atomic E-state index is 0.00161. The summed E-state index contributed by atoms with van der Waals surface area (Å²) in [4.78, 5) is 4.62. The van der Waals surface area contributed by atoms with Crippen LogP contribution in [-0.2, 0) is 25.7 Å². The molecule has 0 fully saturated rings. The molecule has 1 atom stereocenters. The van der Waals surface area contributed by atoms with Gasteiger partial charge in [0.1, 0.15) is 5.75 Å². The fourth-order valence-electron chi connectivity index (χ4n) is 3.40. The third-order valence-electron chi connectivity index (χ3n) is 5.34. The number of aromatic hydroxyl groups is 1. The first-order valence-corrected chi connectivity index (χ1v) is 9.44. The van der Waals surface area contributed by atoms with E-state index in [9.17, 15) is 10.2 Å². The molecule has 3 heteroatoms. The van der Waals surface area contributed by atoms with Crippen LogP contribution < -0.4 is 0 Å². The fourth-order valence-corrected chi connectivity index (χ4v) is 3.40. The second-order valence-electron chi connectivity index (χ2n) is 8.31. The van der Waals surface area contributed by atoms with Crippen molar-refractivity contribution in [3.63, 3.8) is 0 Å². The third kappa shape index (κ3) is 4.16. The summed E-state index contributed by atoms with van der Waals surface area (Å²) in [5.74, 6) is 0.340. The van der Waals surface area contributed by atoms with Crippen molar-refractivity contribution < 1.29 is 10.2 Å². The maximum atomic E-state index is 10.9. The van der Waals surface area contributed by atoms with Crippen LogP contribution in [0.25, 0.3) is 0 Å². The molecule has 0 saturated heterocycles. The number of phenolic OH excluding ortho intramolecular Hbond substituents is 1. The van der Waals surface area contributed by atoms with Gasteiger partial charge in [-0.3, -0.25) is 4.99 Å². The van der Waals surface area contributed by atoms with Crippen LogP contribution in [0.4, 0.5) is 0 Å². The van der Waals surface area contributed by atoms with Crippen molar-refractivity contribution in [3.05, 3.63) is 64.2 Å². The van der Waals surface area contributed by atoms with Crippen molar-refractivity contribution in [1.82, 2.24) is 0 Å². The van der Waals surface area contributed by atoms with Crippen LogP contribution >= 0.6 is 0 Å². The molecule has 0 amide bonds. The van der Waals surface area contributed by atoms with Crippen LogP contribution in [0.15, 0.2) is 41.4 Å². The van der Waals surface area contributed by atoms with Gasteiger partial charge >= 0.3 is 0 Å². The van der Waals surface area contributed by atoms with Gasteiger partial charge in [0.15, 0.2) is 0 Å². The quantitative estimate of drug-likeness (QED) is 0.818. The minimum atomic E-state index is -0.191. The monoisotopic (exact) mass is 351 g/mol. The number of benzene rings is 2. The third-order valence-corrected chi connectivity index (χ3v) is 5.34. The number of rotatable bonds is 3. The van der Waals surface area contributed by atoms with Gasteiger partial charge in [-0.2, -0.15) is 0 Å². The van der Waals surface area contributed by atoms with E-state index in [-0.39, 0.29) is 18.1 Å². The van der Waals surface area contributed by atoms with E-state index in [0.29, 0.717) is 5.75 Å². The van der Waals surface area contributed by atoms with E-state index in [2.05, 4.69) is 56.1 Å². The second-order valence-corrected chi connectivity index (χ2v) is 8.31. The molecule has 0 unspecified atom stereocenters. The minimum Gasteiger partial charge on any atom is -0.507 e. The van der Waals surface area contributed by atoms with Gasteiger partial charge in [-0.25, -0.2) is 0 Å². The van der Waals surface area contributed by atoms with E-state index in [1.54, 1.807) is 6.21 Å². The van der Waals surface area contributed by atoms with Gasteiger partial charge in [-0.1, -0.05) is 57.2 Å². The van der Waals surface area contributed by atoms with Crippen molar-refractivity contribution in [1.29, 1.82) is 0 Å². The number of aliphatic hydroxyl groups excluding tert-OH is 1. The zero-order chi connectivity index (χ0) is 18.7. The highest BCUT2D eigenvalue weighted by Gasteiger charge is 2.23. The van der Waals surface area contributed by atoms with E-state index in [1.807, 2.05) is 6.07 Å². The van der Waals surface area contributed by atoms with Gasteiger partial charge in [-0.05, 0) is 53.4 Å². The topological polar surface area (TPSA) is 52.8 Å². The largest absolute Gasteiger partial charge is 0.507 e. The average molecular weight is 351 g/mol. The fraction of sp³-hybridized carbons (Fsp3) is 0.435. The SMILES string of the molecule is CC(C)(C)[C@@H](CO)N=Cc1c2ccc(c1O)CCc1ccc(cc1)CC2. The van der Waals surface area contributed by atoms with Gasteiger partial charge in [-0.15, -0.1) is 0 Å². The molecule has 6 rings (SSSR count). The van der Waals surface area contributed by atoms with E-state index in [1.165, 1.54) is 11.1 Å². The maximum Gasteiger partial charge on any atom is 0.127 e. The highest BCUT2D eigenvalue weighted by atomic mass is 16.3. The Kier molecular flexibility index (Phi) is 5.47. The average Bonchev–Trinajstić information content (AvgIpc) is 2.59. The van der Waals surface area contributed by atoms with Crippen LogP contribution in [-0.4, -0.2) is 29.1 Å². The standard InChI is InChI=1S/C23H29NO2/c1-23(2,3)21(15-25)24-14-20-18-10-8-16-4-6-17(7-5-16)9-11-19(13-12-18)22(20)26/h4-7,12-14,21,25-26H,8-11,15H2,1-3H3/t21-/m1/s1. The normalized spacial score (nSPS) is 15.8. The summed E-state index contributed by atoms with van der Waals surface area (Å²) in [6.07, 6.45) is 5.27. The molecule has 0 aliphatic heterocycles. The molecule has 2 N–H and O–H groups in total. The first-order valence-electron chi connectivity index (χ1n) is 9.44. The first kappa shape index (κ1) is 18.7. The van der Waals surface area contributed by atoms with Gasteiger partial charge in [0, 0.05) is 11.8 Å². The van der Waals surface area contributed by atoms with Crippen LogP contribution in [0.5, 0.6) is 5.75 Å². The van der Waals surface area contributed by atoms with Crippen molar-refractivity contribution in [3.8, 4) is 5.75 Å². The summed E-state index contributed by atoms with van der Waals surface area (Å²) in [6.45, 7) is 6.20. The summed E-state index contributed by atoms with van der Waals surface area (Å²) >= 11 is 0. The maximum absolute atomic E-state index is 10.9. The highest BCUT2D eigenvalue weighted by Crippen LogP contribution is 2.29. The van der Waals surface area contributed by atoms with E-state index < -0.39 is 0 Å². The van der Waals surface area contributed by atoms with E-state index in [4.69, 9.17) is 0 Å². The van der Waals surface area contributed by atoms with Gasteiger partial charge in [0.25, 0.3) is 0 Å². The van der Waals surface area contributed by atoms with Gasteiger partial charge in [0.05, 0.1) is 12.6 Å². The molecular formula is C23H29NO2. The number of nitrogens with zero attached hydrogens (tertiary/aromatic N) is 1. The molecule has 2 aromatic rings.